The van der Waals surface area contributed by atoms with E-state index in [0.29, 0.717) is 31.8 Å². The van der Waals surface area contributed by atoms with E-state index in [1.54, 1.807) is 24.0 Å². The zero-order chi connectivity index (χ0) is 14.9. The second-order valence-electron chi connectivity index (χ2n) is 5.80. The summed E-state index contributed by atoms with van der Waals surface area (Å²) in [5.74, 6) is -0.224. The van der Waals surface area contributed by atoms with E-state index >= 15 is 0 Å². The molecule has 0 aromatic heterocycles. The molecule has 2 fully saturated rings. The van der Waals surface area contributed by atoms with Crippen LogP contribution >= 0.6 is 0 Å². The first kappa shape index (κ1) is 14.3. The van der Waals surface area contributed by atoms with Crippen LogP contribution in [0.2, 0.25) is 0 Å². The molecule has 0 radical (unpaired) electrons. The van der Waals surface area contributed by atoms with Gasteiger partial charge in [-0.2, -0.15) is 0 Å². The van der Waals surface area contributed by atoms with Gasteiger partial charge in [0.2, 0.25) is 0 Å². The minimum atomic E-state index is -0.224. The number of nitrogens with zero attached hydrogens (tertiary/aromatic N) is 1. The molecule has 1 aromatic rings. The van der Waals surface area contributed by atoms with Crippen LogP contribution in [0.5, 0.6) is 0 Å². The Hall–Kier alpha value is -1.66. The van der Waals surface area contributed by atoms with Crippen molar-refractivity contribution in [2.45, 2.75) is 19.1 Å². The van der Waals surface area contributed by atoms with Crippen LogP contribution in [-0.4, -0.2) is 49.3 Å². The van der Waals surface area contributed by atoms with E-state index in [9.17, 15) is 9.18 Å². The van der Waals surface area contributed by atoms with Crippen molar-refractivity contribution < 1.29 is 13.9 Å². The summed E-state index contributed by atoms with van der Waals surface area (Å²) in [7, 11) is 0. The molecule has 1 aromatic carbocycles. The van der Waals surface area contributed by atoms with E-state index in [-0.39, 0.29) is 17.4 Å². The van der Waals surface area contributed by atoms with Crippen molar-refractivity contribution >= 4 is 6.03 Å². The van der Waals surface area contributed by atoms with Crippen molar-refractivity contribution in [2.75, 3.05) is 32.8 Å². The molecule has 0 atom stereocenters. The van der Waals surface area contributed by atoms with E-state index in [4.69, 9.17) is 4.74 Å². The Balaban J connectivity index is 1.55. The molecular weight excluding hydrogens is 273 g/mol. The maximum atomic E-state index is 13.2. The fourth-order valence-electron chi connectivity index (χ4n) is 2.74. The van der Waals surface area contributed by atoms with Crippen LogP contribution in [0.25, 0.3) is 0 Å². The van der Waals surface area contributed by atoms with E-state index in [1.807, 2.05) is 0 Å². The van der Waals surface area contributed by atoms with Gasteiger partial charge in [-0.3, -0.25) is 0 Å². The highest BCUT2D eigenvalue weighted by Gasteiger charge is 2.43. The van der Waals surface area contributed by atoms with Gasteiger partial charge in [0.05, 0.1) is 13.2 Å². The molecule has 2 heterocycles. The van der Waals surface area contributed by atoms with Crippen LogP contribution < -0.4 is 10.6 Å². The summed E-state index contributed by atoms with van der Waals surface area (Å²) < 4.78 is 19.0. The molecule has 0 aliphatic carbocycles. The van der Waals surface area contributed by atoms with Gasteiger partial charge in [0.15, 0.2) is 0 Å². The number of nitrogens with one attached hydrogen (secondary N) is 2. The van der Waals surface area contributed by atoms with E-state index < -0.39 is 0 Å². The van der Waals surface area contributed by atoms with E-state index in [2.05, 4.69) is 10.6 Å². The van der Waals surface area contributed by atoms with Crippen LogP contribution in [0, 0.1) is 12.7 Å². The van der Waals surface area contributed by atoms with Gasteiger partial charge in [-0.05, 0) is 24.1 Å². The Kier molecular flexibility index (Phi) is 3.82. The second-order valence-corrected chi connectivity index (χ2v) is 5.80. The summed E-state index contributed by atoms with van der Waals surface area (Å²) in [6.07, 6.45) is 0. The van der Waals surface area contributed by atoms with Crippen molar-refractivity contribution in [2.24, 2.45) is 0 Å². The third-order valence-electron chi connectivity index (χ3n) is 4.10. The monoisotopic (exact) mass is 293 g/mol. The molecule has 0 saturated carbocycles. The van der Waals surface area contributed by atoms with Gasteiger partial charge in [0.25, 0.3) is 0 Å². The largest absolute Gasteiger partial charge is 0.369 e. The molecule has 21 heavy (non-hydrogen) atoms. The summed E-state index contributed by atoms with van der Waals surface area (Å²) in [6.45, 7) is 5.52. The predicted octanol–water partition coefficient (Wildman–Crippen LogP) is 1.02. The highest BCUT2D eigenvalue weighted by Crippen LogP contribution is 2.22. The highest BCUT2D eigenvalue weighted by molar-refractivity contribution is 5.74. The lowest BCUT2D eigenvalue weighted by atomic mass is 9.95. The number of urea groups is 1. The average Bonchev–Trinajstić information content (AvgIpc) is 2.46. The summed E-state index contributed by atoms with van der Waals surface area (Å²) in [5.41, 5.74) is 1.30. The van der Waals surface area contributed by atoms with Crippen LogP contribution in [0.4, 0.5) is 9.18 Å². The molecule has 114 valence electrons. The molecule has 2 saturated heterocycles. The number of hydrogen-bond acceptors (Lipinski definition) is 3. The smallest absolute Gasteiger partial charge is 0.317 e. The lowest BCUT2D eigenvalue weighted by molar-refractivity contribution is -0.125. The second kappa shape index (κ2) is 5.61. The number of carbonyl (C=O) groups is 1. The molecule has 3 rings (SSSR count). The van der Waals surface area contributed by atoms with E-state index in [1.165, 1.54) is 6.07 Å². The number of aryl methyl sites for hydroxylation is 1. The highest BCUT2D eigenvalue weighted by atomic mass is 19.1. The lowest BCUT2D eigenvalue weighted by Gasteiger charge is -2.48. The summed E-state index contributed by atoms with van der Waals surface area (Å²) in [5, 5.41) is 6.07. The molecular formula is C15H20FN3O2. The Morgan fingerprint density at radius 2 is 2.33 bits per heavy atom. The first-order valence-electron chi connectivity index (χ1n) is 7.20. The number of halogens is 1. The summed E-state index contributed by atoms with van der Waals surface area (Å²) in [6, 6.07) is 4.79. The normalized spacial score (nSPS) is 20.2. The number of rotatable bonds is 2. The van der Waals surface area contributed by atoms with E-state index in [0.717, 1.165) is 18.7 Å². The Morgan fingerprint density at radius 3 is 3.00 bits per heavy atom. The molecule has 2 N–H and O–H groups in total. The standard InChI is InChI=1S/C15H20FN3O2/c1-11-6-12(2-3-13(11)16)7-18-14(20)19-4-5-21-15(10-19)8-17-9-15/h2-3,6,17H,4-5,7-10H2,1H3,(H,18,20). The van der Waals surface area contributed by atoms with Crippen LogP contribution in [0.3, 0.4) is 0 Å². The van der Waals surface area contributed by atoms with Crippen molar-refractivity contribution in [3.8, 4) is 0 Å². The van der Waals surface area contributed by atoms with Gasteiger partial charge >= 0.3 is 6.03 Å². The Morgan fingerprint density at radius 1 is 1.52 bits per heavy atom. The number of morpholine rings is 1. The fourth-order valence-corrected chi connectivity index (χ4v) is 2.74. The predicted molar refractivity (Wildman–Crippen MR) is 76.5 cm³/mol. The van der Waals surface area contributed by atoms with Gasteiger partial charge in [-0.1, -0.05) is 12.1 Å². The van der Waals surface area contributed by atoms with Gasteiger partial charge in [-0.15, -0.1) is 0 Å². The summed E-state index contributed by atoms with van der Waals surface area (Å²) >= 11 is 0. The zero-order valence-electron chi connectivity index (χ0n) is 12.1. The third-order valence-corrected chi connectivity index (χ3v) is 4.10. The number of carbonyl (C=O) groups excluding carboxylic acids is 1. The molecule has 1 spiro atoms. The van der Waals surface area contributed by atoms with Gasteiger partial charge in [0, 0.05) is 26.2 Å². The van der Waals surface area contributed by atoms with Crippen molar-refractivity contribution in [1.82, 2.24) is 15.5 Å². The van der Waals surface area contributed by atoms with Gasteiger partial charge in [0.1, 0.15) is 11.4 Å². The quantitative estimate of drug-likeness (QED) is 0.856. The maximum absolute atomic E-state index is 13.2. The lowest BCUT2D eigenvalue weighted by Crippen LogP contribution is -2.69. The van der Waals surface area contributed by atoms with Gasteiger partial charge in [-0.25, -0.2) is 9.18 Å². The number of hydrogen-bond donors (Lipinski definition) is 2. The molecule has 6 heteroatoms. The molecule has 2 amide bonds. The van der Waals surface area contributed by atoms with Crippen molar-refractivity contribution in [3.05, 3.63) is 35.1 Å². The first-order chi connectivity index (χ1) is 10.1. The fraction of sp³-hybridized carbons (Fsp3) is 0.533. The van der Waals surface area contributed by atoms with Crippen LogP contribution in [0.1, 0.15) is 11.1 Å². The molecule has 0 unspecified atom stereocenters. The minimum absolute atomic E-state index is 0.0912. The van der Waals surface area contributed by atoms with Crippen LogP contribution in [0.15, 0.2) is 18.2 Å². The van der Waals surface area contributed by atoms with Crippen LogP contribution in [-0.2, 0) is 11.3 Å². The molecule has 2 aliphatic rings. The third kappa shape index (κ3) is 3.01. The first-order valence-corrected chi connectivity index (χ1v) is 7.20. The number of ether oxygens (including phenoxy) is 1. The minimum Gasteiger partial charge on any atom is -0.369 e. The number of amides is 2. The maximum Gasteiger partial charge on any atom is 0.317 e. The molecule has 5 nitrogen and oxygen atoms in total. The SMILES string of the molecule is Cc1cc(CNC(=O)N2CCOC3(CNC3)C2)ccc1F. The zero-order valence-corrected chi connectivity index (χ0v) is 12.1. The summed E-state index contributed by atoms with van der Waals surface area (Å²) in [4.78, 5) is 14.0. The molecule has 2 aliphatic heterocycles. The molecule has 0 bridgehead atoms. The van der Waals surface area contributed by atoms with Gasteiger partial charge < -0.3 is 20.3 Å². The van der Waals surface area contributed by atoms with Crippen molar-refractivity contribution in [1.29, 1.82) is 0 Å². The Labute approximate surface area is 123 Å². The average molecular weight is 293 g/mol. The number of benzene rings is 1. The van der Waals surface area contributed by atoms with Crippen molar-refractivity contribution in [3.63, 3.8) is 0 Å². The Bertz CT molecular complexity index is 546. The topological polar surface area (TPSA) is 53.6 Å².